The first-order chi connectivity index (χ1) is 10.3. The maximum absolute atomic E-state index is 12.3. The molecule has 0 aliphatic rings. The first-order valence-electron chi connectivity index (χ1n) is 6.17. The lowest BCUT2D eigenvalue weighted by molar-refractivity contribution is -0.388. The van der Waals surface area contributed by atoms with E-state index in [0.717, 1.165) is 6.07 Å². The number of methoxy groups -OCH3 is 1. The highest BCUT2D eigenvalue weighted by Gasteiger charge is 2.29. The zero-order chi connectivity index (χ0) is 16.3. The van der Waals surface area contributed by atoms with Crippen molar-refractivity contribution < 1.29 is 22.3 Å². The van der Waals surface area contributed by atoms with Gasteiger partial charge < -0.3 is 8.92 Å². The molecule has 2 rings (SSSR count). The summed E-state index contributed by atoms with van der Waals surface area (Å²) in [7, 11) is -2.85. The number of nitro benzene ring substituents is 1. The number of nitrogens with zero attached hydrogens (tertiary/aromatic N) is 1. The van der Waals surface area contributed by atoms with Crippen LogP contribution in [0.5, 0.6) is 11.5 Å². The first-order valence-corrected chi connectivity index (χ1v) is 7.58. The van der Waals surface area contributed by atoms with E-state index in [4.69, 9.17) is 8.92 Å². The molecule has 0 radical (unpaired) electrons. The fourth-order valence-corrected chi connectivity index (χ4v) is 3.21. The molecule has 0 aliphatic carbocycles. The van der Waals surface area contributed by atoms with E-state index < -0.39 is 25.6 Å². The summed E-state index contributed by atoms with van der Waals surface area (Å²) in [6.07, 6.45) is 0. The van der Waals surface area contributed by atoms with Crippen molar-refractivity contribution in [1.82, 2.24) is 0 Å². The van der Waals surface area contributed by atoms with Crippen LogP contribution in [0, 0.1) is 17.0 Å². The molecule has 2 aromatic carbocycles. The summed E-state index contributed by atoms with van der Waals surface area (Å²) < 4.78 is 34.6. The molecule has 0 atom stereocenters. The molecule has 116 valence electrons. The molecular formula is C14H13NO6S. The van der Waals surface area contributed by atoms with Gasteiger partial charge >= 0.3 is 10.1 Å². The molecule has 8 heteroatoms. The number of ether oxygens (including phenoxy) is 1. The quantitative estimate of drug-likeness (QED) is 0.477. The predicted molar refractivity (Wildman–Crippen MR) is 78.6 cm³/mol. The smallest absolute Gasteiger partial charge is 0.346 e. The van der Waals surface area contributed by atoms with Crippen molar-refractivity contribution in [2.24, 2.45) is 0 Å². The first kappa shape index (κ1) is 15.8. The van der Waals surface area contributed by atoms with Gasteiger partial charge in [0.1, 0.15) is 11.5 Å². The van der Waals surface area contributed by atoms with Crippen LogP contribution in [0.1, 0.15) is 5.56 Å². The second-order valence-electron chi connectivity index (χ2n) is 4.39. The summed E-state index contributed by atoms with van der Waals surface area (Å²) in [6.45, 7) is 1.47. The van der Waals surface area contributed by atoms with Crippen molar-refractivity contribution in [2.45, 2.75) is 11.8 Å². The van der Waals surface area contributed by atoms with Gasteiger partial charge in [-0.05, 0) is 36.8 Å². The van der Waals surface area contributed by atoms with Crippen LogP contribution in [0.3, 0.4) is 0 Å². The second kappa shape index (κ2) is 6.02. The molecule has 0 saturated heterocycles. The highest BCUT2D eigenvalue weighted by Crippen LogP contribution is 2.30. The minimum absolute atomic E-state index is 0.0401. The lowest BCUT2D eigenvalue weighted by atomic mass is 10.2. The van der Waals surface area contributed by atoms with Crippen LogP contribution < -0.4 is 8.92 Å². The third-order valence-corrected chi connectivity index (χ3v) is 4.35. The lowest BCUT2D eigenvalue weighted by Crippen LogP contribution is -2.13. The van der Waals surface area contributed by atoms with Gasteiger partial charge in [0.25, 0.3) is 5.69 Å². The Bertz CT molecular complexity index is 799. The van der Waals surface area contributed by atoms with Gasteiger partial charge in [-0.15, -0.1) is 0 Å². The van der Waals surface area contributed by atoms with E-state index in [1.165, 1.54) is 50.4 Å². The van der Waals surface area contributed by atoms with Crippen LogP contribution in [-0.4, -0.2) is 20.5 Å². The zero-order valence-corrected chi connectivity index (χ0v) is 12.7. The fraction of sp³-hybridized carbons (Fsp3) is 0.143. The Morgan fingerprint density at radius 1 is 1.05 bits per heavy atom. The van der Waals surface area contributed by atoms with Crippen LogP contribution >= 0.6 is 0 Å². The van der Waals surface area contributed by atoms with Crippen molar-refractivity contribution in [3.63, 3.8) is 0 Å². The van der Waals surface area contributed by atoms with Gasteiger partial charge in [0, 0.05) is 6.07 Å². The van der Waals surface area contributed by atoms with Crippen LogP contribution in [0.25, 0.3) is 0 Å². The molecule has 7 nitrogen and oxygen atoms in total. The molecule has 0 unspecified atom stereocenters. The summed E-state index contributed by atoms with van der Waals surface area (Å²) in [4.78, 5) is 9.82. The monoisotopic (exact) mass is 323 g/mol. The molecule has 2 aromatic rings. The van der Waals surface area contributed by atoms with E-state index in [1.54, 1.807) is 0 Å². The van der Waals surface area contributed by atoms with Gasteiger partial charge in [0.15, 0.2) is 4.90 Å². The third kappa shape index (κ3) is 3.17. The van der Waals surface area contributed by atoms with E-state index in [9.17, 15) is 18.5 Å². The van der Waals surface area contributed by atoms with E-state index in [2.05, 4.69) is 0 Å². The van der Waals surface area contributed by atoms with Crippen LogP contribution in [-0.2, 0) is 10.1 Å². The van der Waals surface area contributed by atoms with E-state index in [1.807, 2.05) is 0 Å². The van der Waals surface area contributed by atoms with Gasteiger partial charge in [-0.25, -0.2) is 0 Å². The fourth-order valence-electron chi connectivity index (χ4n) is 1.91. The maximum Gasteiger partial charge on any atom is 0.346 e. The highest BCUT2D eigenvalue weighted by molar-refractivity contribution is 7.87. The van der Waals surface area contributed by atoms with Crippen molar-refractivity contribution in [3.05, 3.63) is 58.1 Å². The van der Waals surface area contributed by atoms with E-state index in [-0.39, 0.29) is 11.3 Å². The minimum Gasteiger partial charge on any atom is -0.497 e. The number of hydrogen-bond acceptors (Lipinski definition) is 6. The Kier molecular flexibility index (Phi) is 4.32. The number of aryl methyl sites for hydroxylation is 1. The number of hydrogen-bond donors (Lipinski definition) is 0. The average Bonchev–Trinajstić information content (AvgIpc) is 2.47. The molecule has 0 spiro atoms. The Hall–Kier alpha value is -2.61. The molecular weight excluding hydrogens is 310 g/mol. The SMILES string of the molecule is COc1ccc(OS(=O)(=O)c2c(C)cccc2[N+](=O)[O-])cc1. The Morgan fingerprint density at radius 3 is 2.18 bits per heavy atom. The molecule has 0 saturated carbocycles. The highest BCUT2D eigenvalue weighted by atomic mass is 32.2. The molecule has 0 N–H and O–H groups in total. The van der Waals surface area contributed by atoms with E-state index in [0.29, 0.717) is 5.75 Å². The van der Waals surface area contributed by atoms with Crippen molar-refractivity contribution in [2.75, 3.05) is 7.11 Å². The van der Waals surface area contributed by atoms with Crippen LogP contribution in [0.2, 0.25) is 0 Å². The largest absolute Gasteiger partial charge is 0.497 e. The summed E-state index contributed by atoms with van der Waals surface area (Å²) in [5, 5.41) is 11.0. The Morgan fingerprint density at radius 2 is 1.64 bits per heavy atom. The zero-order valence-electron chi connectivity index (χ0n) is 11.8. The topological polar surface area (TPSA) is 95.7 Å². The summed E-state index contributed by atoms with van der Waals surface area (Å²) in [6, 6.07) is 9.86. The van der Waals surface area contributed by atoms with Gasteiger partial charge in [-0.1, -0.05) is 12.1 Å². The average molecular weight is 323 g/mol. The molecule has 0 heterocycles. The normalized spacial score (nSPS) is 11.0. The molecule has 0 aromatic heterocycles. The molecule has 0 aliphatic heterocycles. The summed E-state index contributed by atoms with van der Waals surface area (Å²) >= 11 is 0. The molecule has 22 heavy (non-hydrogen) atoms. The number of rotatable bonds is 5. The van der Waals surface area contributed by atoms with Gasteiger partial charge in [0.2, 0.25) is 0 Å². The molecule has 0 bridgehead atoms. The molecule has 0 fully saturated rings. The van der Waals surface area contributed by atoms with Gasteiger partial charge in [0.05, 0.1) is 12.0 Å². The lowest BCUT2D eigenvalue weighted by Gasteiger charge is -2.10. The van der Waals surface area contributed by atoms with Crippen LogP contribution in [0.15, 0.2) is 47.4 Å². The summed E-state index contributed by atoms with van der Waals surface area (Å²) in [5.74, 6) is 0.574. The van der Waals surface area contributed by atoms with Crippen LogP contribution in [0.4, 0.5) is 5.69 Å². The Balaban J connectivity index is 2.44. The van der Waals surface area contributed by atoms with Gasteiger partial charge in [-0.3, -0.25) is 10.1 Å². The summed E-state index contributed by atoms with van der Waals surface area (Å²) in [5.41, 5.74) is -0.281. The van der Waals surface area contributed by atoms with Crippen molar-refractivity contribution in [1.29, 1.82) is 0 Å². The minimum atomic E-state index is -4.32. The van der Waals surface area contributed by atoms with Crippen molar-refractivity contribution >= 4 is 15.8 Å². The van der Waals surface area contributed by atoms with E-state index >= 15 is 0 Å². The third-order valence-electron chi connectivity index (χ3n) is 2.90. The van der Waals surface area contributed by atoms with Gasteiger partial charge in [-0.2, -0.15) is 8.42 Å². The Labute approximate surface area is 127 Å². The van der Waals surface area contributed by atoms with Crippen molar-refractivity contribution in [3.8, 4) is 11.5 Å². The standard InChI is InChI=1S/C14H13NO6S/c1-10-4-3-5-13(15(16)17)14(10)22(18,19)21-12-8-6-11(20-2)7-9-12/h3-9H,1-2H3. The number of nitro groups is 1. The number of benzene rings is 2. The predicted octanol–water partition coefficient (Wildman–Crippen LogP) is 2.68. The molecule has 0 amide bonds. The maximum atomic E-state index is 12.3. The second-order valence-corrected chi connectivity index (χ2v) is 5.88.